The Kier molecular flexibility index (Phi) is 9.20. The molecule has 0 bridgehead atoms. The van der Waals surface area contributed by atoms with Gasteiger partial charge in [0, 0.05) is 19.0 Å². The minimum absolute atomic E-state index is 0.138. The summed E-state index contributed by atoms with van der Waals surface area (Å²) in [7, 11) is 0. The van der Waals surface area contributed by atoms with Gasteiger partial charge >= 0.3 is 6.16 Å². The van der Waals surface area contributed by atoms with Crippen molar-refractivity contribution >= 4 is 12.1 Å². The van der Waals surface area contributed by atoms with E-state index >= 15 is 0 Å². The van der Waals surface area contributed by atoms with Crippen molar-refractivity contribution in [2.75, 3.05) is 13.2 Å². The summed E-state index contributed by atoms with van der Waals surface area (Å²) in [5.41, 5.74) is 0.897. The number of carbonyl (C=O) groups is 2. The van der Waals surface area contributed by atoms with Crippen LogP contribution in [0.25, 0.3) is 0 Å². The number of ether oxygens (including phenoxy) is 1. The summed E-state index contributed by atoms with van der Waals surface area (Å²) >= 11 is 0. The van der Waals surface area contributed by atoms with Gasteiger partial charge in [0.25, 0.3) is 0 Å². The first-order chi connectivity index (χ1) is 13.5. The molecule has 2 N–H and O–H groups in total. The molecule has 2 rings (SSSR count). The fourth-order valence-electron chi connectivity index (χ4n) is 3.70. The van der Waals surface area contributed by atoms with Gasteiger partial charge in [-0.3, -0.25) is 4.79 Å². The highest BCUT2D eigenvalue weighted by Crippen LogP contribution is 2.24. The molecular formula is C21H30FNO5. The van der Waals surface area contributed by atoms with Crippen LogP contribution < -0.4 is 0 Å². The number of nitrogens with zero attached hydrogens (tertiary/aromatic N) is 1. The van der Waals surface area contributed by atoms with Gasteiger partial charge in [-0.2, -0.15) is 0 Å². The number of aliphatic hydroxyl groups is 1. The monoisotopic (exact) mass is 395 g/mol. The number of hydrogen-bond acceptors (Lipinski definition) is 4. The van der Waals surface area contributed by atoms with Crippen molar-refractivity contribution < 1.29 is 28.9 Å². The number of hydrogen-bond donors (Lipinski definition) is 2. The Balaban J connectivity index is 1.73. The van der Waals surface area contributed by atoms with Crippen LogP contribution in [0, 0.1) is 5.82 Å². The number of rotatable bonds is 11. The summed E-state index contributed by atoms with van der Waals surface area (Å²) in [6.45, 7) is 0.840. The van der Waals surface area contributed by atoms with E-state index in [0.717, 1.165) is 37.7 Å². The number of halogens is 1. The number of aliphatic hydroxyl groups excluding tert-OH is 1. The molecular weight excluding hydrogens is 365 g/mol. The Morgan fingerprint density at radius 3 is 2.71 bits per heavy atom. The molecule has 1 amide bonds. The lowest BCUT2D eigenvalue weighted by Gasteiger charge is -2.36. The predicted octanol–water partition coefficient (Wildman–Crippen LogP) is 3.76. The van der Waals surface area contributed by atoms with Crippen LogP contribution in [0.1, 0.15) is 56.9 Å². The van der Waals surface area contributed by atoms with Gasteiger partial charge in [0.2, 0.25) is 5.91 Å². The molecule has 28 heavy (non-hydrogen) atoms. The van der Waals surface area contributed by atoms with Gasteiger partial charge in [0.05, 0.1) is 12.7 Å². The highest BCUT2D eigenvalue weighted by molar-refractivity contribution is 5.77. The standard InChI is InChI=1S/C21H30FNO5/c22-17-9-7-16(8-10-17)15-19(24)12-11-18-5-4-6-20(25)23(18)13-2-1-3-14-28-21(26)27/h7-10,18-19,24H,1-6,11-15H2,(H,26,27)/t18-,19?/m1/s1. The molecule has 1 aromatic carbocycles. The van der Waals surface area contributed by atoms with Crippen LogP contribution in [-0.2, 0) is 16.0 Å². The Labute approximate surface area is 165 Å². The van der Waals surface area contributed by atoms with E-state index in [1.165, 1.54) is 12.1 Å². The summed E-state index contributed by atoms with van der Waals surface area (Å²) in [6.07, 6.45) is 4.69. The summed E-state index contributed by atoms with van der Waals surface area (Å²) in [6, 6.07) is 6.29. The lowest BCUT2D eigenvalue weighted by atomic mass is 9.94. The van der Waals surface area contributed by atoms with Crippen LogP contribution in [0.5, 0.6) is 0 Å². The maximum Gasteiger partial charge on any atom is 0.505 e. The molecule has 2 atom stereocenters. The summed E-state index contributed by atoms with van der Waals surface area (Å²) in [5, 5.41) is 18.8. The number of likely N-dealkylation sites (tertiary alicyclic amines) is 1. The van der Waals surface area contributed by atoms with Gasteiger partial charge in [-0.05, 0) is 69.1 Å². The second-order valence-corrected chi connectivity index (χ2v) is 7.37. The Hall–Kier alpha value is -2.15. The van der Waals surface area contributed by atoms with Crippen molar-refractivity contribution in [2.45, 2.75) is 69.9 Å². The molecule has 156 valence electrons. The molecule has 0 aromatic heterocycles. The van der Waals surface area contributed by atoms with E-state index in [9.17, 15) is 19.1 Å². The minimum atomic E-state index is -1.26. The van der Waals surface area contributed by atoms with Crippen molar-refractivity contribution in [1.29, 1.82) is 0 Å². The minimum Gasteiger partial charge on any atom is -0.450 e. The normalized spacial score (nSPS) is 18.1. The zero-order valence-electron chi connectivity index (χ0n) is 16.2. The van der Waals surface area contributed by atoms with Crippen molar-refractivity contribution in [3.63, 3.8) is 0 Å². The van der Waals surface area contributed by atoms with E-state index in [2.05, 4.69) is 4.74 Å². The topological polar surface area (TPSA) is 87.1 Å². The van der Waals surface area contributed by atoms with E-state index in [1.807, 2.05) is 4.90 Å². The highest BCUT2D eigenvalue weighted by Gasteiger charge is 2.27. The molecule has 1 heterocycles. The predicted molar refractivity (Wildman–Crippen MR) is 103 cm³/mol. The highest BCUT2D eigenvalue weighted by atomic mass is 19.1. The van der Waals surface area contributed by atoms with Crippen molar-refractivity contribution in [3.05, 3.63) is 35.6 Å². The third-order valence-electron chi connectivity index (χ3n) is 5.18. The average molecular weight is 395 g/mol. The average Bonchev–Trinajstić information content (AvgIpc) is 2.66. The zero-order valence-corrected chi connectivity index (χ0v) is 16.2. The van der Waals surface area contributed by atoms with Crippen molar-refractivity contribution in [2.24, 2.45) is 0 Å². The van der Waals surface area contributed by atoms with Gasteiger partial charge in [-0.25, -0.2) is 9.18 Å². The first kappa shape index (κ1) is 22.1. The Morgan fingerprint density at radius 2 is 2.00 bits per heavy atom. The first-order valence-electron chi connectivity index (χ1n) is 10.0. The second kappa shape index (κ2) is 11.6. The van der Waals surface area contributed by atoms with Crippen molar-refractivity contribution in [3.8, 4) is 0 Å². The smallest absolute Gasteiger partial charge is 0.450 e. The van der Waals surface area contributed by atoms with Crippen LogP contribution in [-0.4, -0.2) is 52.5 Å². The number of piperidine rings is 1. The van der Waals surface area contributed by atoms with Crippen LogP contribution in [0.2, 0.25) is 0 Å². The summed E-state index contributed by atoms with van der Waals surface area (Å²) < 4.78 is 17.5. The molecule has 6 nitrogen and oxygen atoms in total. The number of unbranched alkanes of at least 4 members (excludes halogenated alkanes) is 2. The molecule has 1 saturated heterocycles. The Morgan fingerprint density at radius 1 is 1.25 bits per heavy atom. The number of benzene rings is 1. The zero-order chi connectivity index (χ0) is 20.4. The SMILES string of the molecule is O=C(O)OCCCCCN1C(=O)CCC[C@@H]1CCC(O)Cc1ccc(F)cc1. The number of amides is 1. The summed E-state index contributed by atoms with van der Waals surface area (Å²) in [4.78, 5) is 24.5. The molecule has 7 heteroatoms. The quantitative estimate of drug-likeness (QED) is 0.440. The van der Waals surface area contributed by atoms with Gasteiger partial charge in [0.15, 0.2) is 0 Å². The molecule has 0 radical (unpaired) electrons. The molecule has 1 unspecified atom stereocenters. The van der Waals surface area contributed by atoms with E-state index in [0.29, 0.717) is 32.2 Å². The van der Waals surface area contributed by atoms with Gasteiger partial charge in [-0.15, -0.1) is 0 Å². The second-order valence-electron chi connectivity index (χ2n) is 7.37. The fraction of sp³-hybridized carbons (Fsp3) is 0.619. The number of carbonyl (C=O) groups excluding carboxylic acids is 1. The van der Waals surface area contributed by atoms with Gasteiger partial charge in [0.1, 0.15) is 5.82 Å². The maximum atomic E-state index is 13.0. The van der Waals surface area contributed by atoms with E-state index in [4.69, 9.17) is 5.11 Å². The van der Waals surface area contributed by atoms with Gasteiger partial charge in [-0.1, -0.05) is 12.1 Å². The molecule has 1 aliphatic heterocycles. The maximum absolute atomic E-state index is 13.0. The third kappa shape index (κ3) is 7.84. The largest absolute Gasteiger partial charge is 0.505 e. The van der Waals surface area contributed by atoms with Crippen LogP contribution in [0.15, 0.2) is 24.3 Å². The summed E-state index contributed by atoms with van der Waals surface area (Å²) in [5.74, 6) is -0.129. The lowest BCUT2D eigenvalue weighted by molar-refractivity contribution is -0.136. The lowest BCUT2D eigenvalue weighted by Crippen LogP contribution is -2.44. The molecule has 1 aromatic rings. The van der Waals surface area contributed by atoms with E-state index in [1.54, 1.807) is 12.1 Å². The molecule has 1 aliphatic rings. The fourth-order valence-corrected chi connectivity index (χ4v) is 3.70. The van der Waals surface area contributed by atoms with Crippen LogP contribution in [0.3, 0.4) is 0 Å². The van der Waals surface area contributed by atoms with Crippen LogP contribution in [0.4, 0.5) is 9.18 Å². The Bertz CT molecular complexity index is 622. The van der Waals surface area contributed by atoms with Crippen molar-refractivity contribution in [1.82, 2.24) is 4.90 Å². The molecule has 1 fully saturated rings. The molecule has 0 saturated carbocycles. The molecule has 0 spiro atoms. The van der Waals surface area contributed by atoms with Crippen LogP contribution >= 0.6 is 0 Å². The van der Waals surface area contributed by atoms with Gasteiger partial charge < -0.3 is 19.8 Å². The first-order valence-corrected chi connectivity index (χ1v) is 10.0. The third-order valence-corrected chi connectivity index (χ3v) is 5.18. The molecule has 0 aliphatic carbocycles. The van der Waals surface area contributed by atoms with E-state index < -0.39 is 12.3 Å². The van der Waals surface area contributed by atoms with E-state index in [-0.39, 0.29) is 24.4 Å². The number of carboxylic acid groups (broad SMARTS) is 1.